The zero-order valence-electron chi connectivity index (χ0n) is 8.00. The average Bonchev–Trinajstić information content (AvgIpc) is 2.51. The lowest BCUT2D eigenvalue weighted by atomic mass is 10.1. The number of rotatable bonds is 5. The molecule has 0 aliphatic heterocycles. The predicted octanol–water partition coefficient (Wildman–Crippen LogP) is 2.78. The zero-order valence-corrected chi connectivity index (χ0v) is 10.4. The Morgan fingerprint density at radius 3 is 2.86 bits per heavy atom. The number of thiophene rings is 1. The fourth-order valence-electron chi connectivity index (χ4n) is 1.17. The normalized spacial score (nSPS) is 12.8. The summed E-state index contributed by atoms with van der Waals surface area (Å²) in [7, 11) is 0. The summed E-state index contributed by atoms with van der Waals surface area (Å²) in [6.07, 6.45) is 0.949. The summed E-state index contributed by atoms with van der Waals surface area (Å²) in [5, 5.41) is 9.43. The van der Waals surface area contributed by atoms with Crippen LogP contribution >= 0.6 is 27.3 Å². The first-order valence-electron chi connectivity index (χ1n) is 4.58. The first-order chi connectivity index (χ1) is 6.63. The van der Waals surface area contributed by atoms with E-state index in [4.69, 9.17) is 0 Å². The van der Waals surface area contributed by atoms with Crippen molar-refractivity contribution in [2.75, 3.05) is 0 Å². The van der Waals surface area contributed by atoms with Gasteiger partial charge in [-0.05, 0) is 34.5 Å². The summed E-state index contributed by atoms with van der Waals surface area (Å²) in [6.45, 7) is 1.96. The fourth-order valence-corrected chi connectivity index (χ4v) is 2.66. The molecule has 2 nitrogen and oxygen atoms in total. The summed E-state index contributed by atoms with van der Waals surface area (Å²) in [5.74, 6) is -0.0822. The molecule has 14 heavy (non-hydrogen) atoms. The molecule has 1 unspecified atom stereocenters. The summed E-state index contributed by atoms with van der Waals surface area (Å²) in [5.41, 5.74) is 0. The van der Waals surface area contributed by atoms with E-state index in [1.54, 1.807) is 0 Å². The van der Waals surface area contributed by atoms with E-state index in [9.17, 15) is 9.90 Å². The van der Waals surface area contributed by atoms with Crippen LogP contribution in [0, 0.1) is 0 Å². The van der Waals surface area contributed by atoms with Gasteiger partial charge in [-0.15, -0.1) is 11.3 Å². The van der Waals surface area contributed by atoms with Crippen molar-refractivity contribution in [2.24, 2.45) is 0 Å². The number of hydrogen-bond donors (Lipinski definition) is 1. The molecule has 78 valence electrons. The van der Waals surface area contributed by atoms with Crippen LogP contribution in [0.3, 0.4) is 0 Å². The Labute approximate surface area is 96.1 Å². The number of Topliss-reactive ketones (excluding diaryl/α,β-unsaturated/α-hetero) is 1. The van der Waals surface area contributed by atoms with Gasteiger partial charge in [0.05, 0.1) is 3.79 Å². The van der Waals surface area contributed by atoms with Crippen LogP contribution in [0.5, 0.6) is 0 Å². The Bertz CT molecular complexity index is 309. The van der Waals surface area contributed by atoms with Gasteiger partial charge in [0.25, 0.3) is 0 Å². The van der Waals surface area contributed by atoms with Gasteiger partial charge >= 0.3 is 0 Å². The van der Waals surface area contributed by atoms with Crippen molar-refractivity contribution in [1.82, 2.24) is 0 Å². The van der Waals surface area contributed by atoms with Crippen LogP contribution in [0.2, 0.25) is 0 Å². The first kappa shape index (κ1) is 11.9. The highest BCUT2D eigenvalue weighted by molar-refractivity contribution is 9.11. The molecule has 0 bridgehead atoms. The molecule has 0 fully saturated rings. The summed E-state index contributed by atoms with van der Waals surface area (Å²) < 4.78 is 1.02. The number of aliphatic hydroxyl groups excluding tert-OH is 1. The SMILES string of the molecule is CCCC(O)C(=O)Cc1ccc(Br)s1. The molecule has 1 aromatic rings. The van der Waals surface area contributed by atoms with Crippen LogP contribution in [-0.2, 0) is 11.2 Å². The minimum absolute atomic E-state index is 0.0822. The van der Waals surface area contributed by atoms with Crippen LogP contribution in [0.25, 0.3) is 0 Å². The highest BCUT2D eigenvalue weighted by atomic mass is 79.9. The maximum atomic E-state index is 11.5. The Balaban J connectivity index is 2.48. The number of aliphatic hydroxyl groups is 1. The van der Waals surface area contributed by atoms with Gasteiger partial charge in [0.1, 0.15) is 6.10 Å². The van der Waals surface area contributed by atoms with Crippen molar-refractivity contribution < 1.29 is 9.90 Å². The van der Waals surface area contributed by atoms with Crippen LogP contribution in [0.1, 0.15) is 24.6 Å². The molecule has 1 rings (SSSR count). The maximum Gasteiger partial charge on any atom is 0.166 e. The second kappa shape index (κ2) is 5.63. The third kappa shape index (κ3) is 3.52. The van der Waals surface area contributed by atoms with E-state index in [1.165, 1.54) is 11.3 Å². The quantitative estimate of drug-likeness (QED) is 0.898. The highest BCUT2D eigenvalue weighted by Crippen LogP contribution is 2.22. The van der Waals surface area contributed by atoms with Crippen molar-refractivity contribution in [3.05, 3.63) is 20.8 Å². The molecule has 0 saturated heterocycles. The van der Waals surface area contributed by atoms with E-state index in [-0.39, 0.29) is 5.78 Å². The number of hydrogen-bond acceptors (Lipinski definition) is 3. The Morgan fingerprint density at radius 2 is 2.36 bits per heavy atom. The predicted molar refractivity (Wildman–Crippen MR) is 61.6 cm³/mol. The number of halogens is 1. The largest absolute Gasteiger partial charge is 0.385 e. The van der Waals surface area contributed by atoms with Crippen LogP contribution in [0.4, 0.5) is 0 Å². The van der Waals surface area contributed by atoms with E-state index in [1.807, 2.05) is 19.1 Å². The molecular formula is C10H13BrO2S. The Kier molecular flexibility index (Phi) is 4.78. The van der Waals surface area contributed by atoms with Crippen molar-refractivity contribution in [2.45, 2.75) is 32.3 Å². The third-order valence-corrected chi connectivity index (χ3v) is 3.53. The number of carbonyl (C=O) groups is 1. The minimum Gasteiger partial charge on any atom is -0.385 e. The fraction of sp³-hybridized carbons (Fsp3) is 0.500. The topological polar surface area (TPSA) is 37.3 Å². The second-order valence-electron chi connectivity index (χ2n) is 3.15. The van der Waals surface area contributed by atoms with E-state index < -0.39 is 6.10 Å². The molecule has 4 heteroatoms. The summed E-state index contributed by atoms with van der Waals surface area (Å²) in [4.78, 5) is 12.5. The zero-order chi connectivity index (χ0) is 10.6. The number of ketones is 1. The molecule has 0 radical (unpaired) electrons. The van der Waals surface area contributed by atoms with E-state index in [2.05, 4.69) is 15.9 Å². The van der Waals surface area contributed by atoms with E-state index in [0.29, 0.717) is 12.8 Å². The maximum absolute atomic E-state index is 11.5. The van der Waals surface area contributed by atoms with Crippen molar-refractivity contribution in [3.63, 3.8) is 0 Å². The first-order valence-corrected chi connectivity index (χ1v) is 6.19. The van der Waals surface area contributed by atoms with Gasteiger partial charge in [0.2, 0.25) is 0 Å². The molecular weight excluding hydrogens is 264 g/mol. The summed E-state index contributed by atoms with van der Waals surface area (Å²) >= 11 is 4.87. The smallest absolute Gasteiger partial charge is 0.166 e. The third-order valence-electron chi connectivity index (χ3n) is 1.91. The molecule has 1 heterocycles. The lowest BCUT2D eigenvalue weighted by Gasteiger charge is -2.06. The summed E-state index contributed by atoms with van der Waals surface area (Å²) in [6, 6.07) is 3.82. The molecule has 0 saturated carbocycles. The molecule has 1 atom stereocenters. The molecule has 0 aliphatic carbocycles. The van der Waals surface area contributed by atoms with Crippen LogP contribution < -0.4 is 0 Å². The molecule has 1 aromatic heterocycles. The van der Waals surface area contributed by atoms with Crippen LogP contribution in [-0.4, -0.2) is 17.0 Å². The lowest BCUT2D eigenvalue weighted by molar-refractivity contribution is -0.126. The van der Waals surface area contributed by atoms with E-state index >= 15 is 0 Å². The van der Waals surface area contributed by atoms with Gasteiger partial charge in [-0.1, -0.05) is 13.3 Å². The van der Waals surface area contributed by atoms with Crippen molar-refractivity contribution in [1.29, 1.82) is 0 Å². The van der Waals surface area contributed by atoms with Gasteiger partial charge < -0.3 is 5.11 Å². The molecule has 0 spiro atoms. The number of carbonyl (C=O) groups excluding carboxylic acids is 1. The van der Waals surface area contributed by atoms with Gasteiger partial charge in [-0.2, -0.15) is 0 Å². The molecule has 1 N–H and O–H groups in total. The van der Waals surface area contributed by atoms with Crippen molar-refractivity contribution >= 4 is 33.0 Å². The van der Waals surface area contributed by atoms with Gasteiger partial charge in [0.15, 0.2) is 5.78 Å². The van der Waals surface area contributed by atoms with Gasteiger partial charge in [-0.25, -0.2) is 0 Å². The molecule has 0 aliphatic rings. The van der Waals surface area contributed by atoms with Gasteiger partial charge in [0, 0.05) is 11.3 Å². The van der Waals surface area contributed by atoms with Crippen molar-refractivity contribution in [3.8, 4) is 0 Å². The standard InChI is InChI=1S/C10H13BrO2S/c1-2-3-8(12)9(13)6-7-4-5-10(11)14-7/h4-5,8,12H,2-3,6H2,1H3. The lowest BCUT2D eigenvalue weighted by Crippen LogP contribution is -2.21. The van der Waals surface area contributed by atoms with Gasteiger partial charge in [-0.3, -0.25) is 4.79 Å². The highest BCUT2D eigenvalue weighted by Gasteiger charge is 2.14. The second-order valence-corrected chi connectivity index (χ2v) is 5.70. The monoisotopic (exact) mass is 276 g/mol. The molecule has 0 amide bonds. The van der Waals surface area contributed by atoms with Crippen LogP contribution in [0.15, 0.2) is 15.9 Å². The molecule has 0 aromatic carbocycles. The Morgan fingerprint density at radius 1 is 1.64 bits per heavy atom. The minimum atomic E-state index is -0.791. The average molecular weight is 277 g/mol. The Hall–Kier alpha value is -0.190. The van der Waals surface area contributed by atoms with E-state index in [0.717, 1.165) is 15.1 Å².